The number of amides is 2. The van der Waals surface area contributed by atoms with Gasteiger partial charge in [0.15, 0.2) is 0 Å². The Morgan fingerprint density at radius 2 is 2.11 bits per heavy atom. The van der Waals surface area contributed by atoms with Crippen LogP contribution in [-0.2, 0) is 9.59 Å². The second-order valence-electron chi connectivity index (χ2n) is 5.42. The Balaban J connectivity index is 2.32. The summed E-state index contributed by atoms with van der Waals surface area (Å²) in [5.74, 6) is 0.194. The SMILES string of the molecule is CC(C)C1(C(=O)NCCCCC(N)=O)CCNC1. The minimum Gasteiger partial charge on any atom is -0.370 e. The van der Waals surface area contributed by atoms with Crippen LogP contribution in [0.4, 0.5) is 0 Å². The smallest absolute Gasteiger partial charge is 0.227 e. The number of carbonyl (C=O) groups is 2. The van der Waals surface area contributed by atoms with Gasteiger partial charge < -0.3 is 16.4 Å². The van der Waals surface area contributed by atoms with E-state index < -0.39 is 0 Å². The molecule has 2 amide bonds. The third kappa shape index (κ3) is 3.70. The quantitative estimate of drug-likeness (QED) is 0.575. The summed E-state index contributed by atoms with van der Waals surface area (Å²) in [5, 5.41) is 6.26. The Morgan fingerprint density at radius 3 is 2.61 bits per heavy atom. The summed E-state index contributed by atoms with van der Waals surface area (Å²) in [4.78, 5) is 22.8. The first-order valence-electron chi connectivity index (χ1n) is 6.76. The van der Waals surface area contributed by atoms with Crippen molar-refractivity contribution in [2.75, 3.05) is 19.6 Å². The van der Waals surface area contributed by atoms with Crippen LogP contribution in [-0.4, -0.2) is 31.4 Å². The summed E-state index contributed by atoms with van der Waals surface area (Å²) in [6.07, 6.45) is 2.84. The molecule has 0 radical (unpaired) electrons. The summed E-state index contributed by atoms with van der Waals surface area (Å²) >= 11 is 0. The van der Waals surface area contributed by atoms with Crippen molar-refractivity contribution in [3.8, 4) is 0 Å². The molecule has 0 saturated carbocycles. The monoisotopic (exact) mass is 255 g/mol. The zero-order valence-corrected chi connectivity index (χ0v) is 11.4. The Kier molecular flexibility index (Phi) is 5.59. The van der Waals surface area contributed by atoms with Crippen LogP contribution in [0, 0.1) is 11.3 Å². The van der Waals surface area contributed by atoms with Crippen LogP contribution < -0.4 is 16.4 Å². The molecule has 0 aliphatic carbocycles. The van der Waals surface area contributed by atoms with Crippen molar-refractivity contribution in [1.82, 2.24) is 10.6 Å². The molecule has 0 aromatic heterocycles. The largest absolute Gasteiger partial charge is 0.370 e. The van der Waals surface area contributed by atoms with Gasteiger partial charge in [-0.15, -0.1) is 0 Å². The highest BCUT2D eigenvalue weighted by Crippen LogP contribution is 2.34. The van der Waals surface area contributed by atoms with Crippen LogP contribution in [0.15, 0.2) is 0 Å². The molecule has 1 rings (SSSR count). The first-order chi connectivity index (χ1) is 8.49. The van der Waals surface area contributed by atoms with E-state index >= 15 is 0 Å². The van der Waals surface area contributed by atoms with E-state index in [1.54, 1.807) is 0 Å². The van der Waals surface area contributed by atoms with E-state index in [9.17, 15) is 9.59 Å². The summed E-state index contributed by atoms with van der Waals surface area (Å²) in [5.41, 5.74) is 4.80. The van der Waals surface area contributed by atoms with Gasteiger partial charge in [0.1, 0.15) is 0 Å². The number of primary amides is 1. The topological polar surface area (TPSA) is 84.2 Å². The third-order valence-corrected chi connectivity index (χ3v) is 3.88. The van der Waals surface area contributed by atoms with Gasteiger partial charge >= 0.3 is 0 Å². The Bertz CT molecular complexity index is 297. The van der Waals surface area contributed by atoms with Crippen LogP contribution in [0.25, 0.3) is 0 Å². The predicted octanol–water partition coefficient (Wildman–Crippen LogP) is 0.394. The van der Waals surface area contributed by atoms with E-state index in [1.807, 2.05) is 0 Å². The lowest BCUT2D eigenvalue weighted by Crippen LogP contribution is -2.46. The van der Waals surface area contributed by atoms with E-state index in [-0.39, 0.29) is 17.2 Å². The van der Waals surface area contributed by atoms with Crippen LogP contribution in [0.3, 0.4) is 0 Å². The van der Waals surface area contributed by atoms with Crippen molar-refractivity contribution >= 4 is 11.8 Å². The molecule has 4 N–H and O–H groups in total. The van der Waals surface area contributed by atoms with Crippen molar-refractivity contribution in [1.29, 1.82) is 0 Å². The molecule has 5 heteroatoms. The summed E-state index contributed by atoms with van der Waals surface area (Å²) in [6, 6.07) is 0. The number of nitrogens with two attached hydrogens (primary N) is 1. The average Bonchev–Trinajstić information content (AvgIpc) is 2.78. The normalized spacial score (nSPS) is 23.3. The molecule has 0 bridgehead atoms. The van der Waals surface area contributed by atoms with Gasteiger partial charge in [0.25, 0.3) is 0 Å². The van der Waals surface area contributed by atoms with Gasteiger partial charge in [-0.05, 0) is 31.7 Å². The van der Waals surface area contributed by atoms with Crippen molar-refractivity contribution in [2.24, 2.45) is 17.1 Å². The van der Waals surface area contributed by atoms with E-state index in [2.05, 4.69) is 24.5 Å². The fraction of sp³-hybridized carbons (Fsp3) is 0.846. The fourth-order valence-electron chi connectivity index (χ4n) is 2.46. The molecule has 1 saturated heterocycles. The number of carbonyl (C=O) groups excluding carboxylic acids is 2. The standard InChI is InChI=1S/C13H25N3O2/c1-10(2)13(6-8-15-9-13)12(18)16-7-4-3-5-11(14)17/h10,15H,3-9H2,1-2H3,(H2,14,17)(H,16,18). The van der Waals surface area contributed by atoms with Crippen LogP contribution >= 0.6 is 0 Å². The van der Waals surface area contributed by atoms with E-state index in [0.717, 1.165) is 32.4 Å². The van der Waals surface area contributed by atoms with Gasteiger partial charge in [-0.25, -0.2) is 0 Å². The Morgan fingerprint density at radius 1 is 1.39 bits per heavy atom. The molecule has 1 unspecified atom stereocenters. The minimum atomic E-state index is -0.278. The Hall–Kier alpha value is -1.10. The minimum absolute atomic E-state index is 0.140. The van der Waals surface area contributed by atoms with Gasteiger partial charge in [0.2, 0.25) is 11.8 Å². The molecule has 0 aromatic rings. The average molecular weight is 255 g/mol. The van der Waals surface area contributed by atoms with Crippen LogP contribution in [0.5, 0.6) is 0 Å². The fourth-order valence-corrected chi connectivity index (χ4v) is 2.46. The molecule has 0 spiro atoms. The number of rotatable bonds is 7. The molecule has 0 aromatic carbocycles. The third-order valence-electron chi connectivity index (χ3n) is 3.88. The van der Waals surface area contributed by atoms with Gasteiger partial charge in [-0.1, -0.05) is 13.8 Å². The summed E-state index contributed by atoms with van der Waals surface area (Å²) in [7, 11) is 0. The predicted molar refractivity (Wildman–Crippen MR) is 70.8 cm³/mol. The molecule has 1 aliphatic heterocycles. The molecule has 18 heavy (non-hydrogen) atoms. The van der Waals surface area contributed by atoms with Crippen LogP contribution in [0.1, 0.15) is 39.5 Å². The second-order valence-corrected chi connectivity index (χ2v) is 5.42. The highest BCUT2D eigenvalue weighted by atomic mass is 16.2. The molecular weight excluding hydrogens is 230 g/mol. The number of unbranched alkanes of at least 4 members (excludes halogenated alkanes) is 1. The van der Waals surface area contributed by atoms with E-state index in [1.165, 1.54) is 0 Å². The lowest BCUT2D eigenvalue weighted by molar-refractivity contribution is -0.132. The van der Waals surface area contributed by atoms with Crippen molar-refractivity contribution in [3.05, 3.63) is 0 Å². The molecule has 1 atom stereocenters. The summed E-state index contributed by atoms with van der Waals surface area (Å²) in [6.45, 7) is 6.49. The van der Waals surface area contributed by atoms with Gasteiger partial charge in [-0.3, -0.25) is 9.59 Å². The molecule has 104 valence electrons. The molecular formula is C13H25N3O2. The molecule has 1 heterocycles. The molecule has 1 aliphatic rings. The van der Waals surface area contributed by atoms with Crippen LogP contribution in [0.2, 0.25) is 0 Å². The lowest BCUT2D eigenvalue weighted by Gasteiger charge is -2.31. The molecule has 1 fully saturated rings. The maximum absolute atomic E-state index is 12.3. The maximum Gasteiger partial charge on any atom is 0.227 e. The zero-order valence-electron chi connectivity index (χ0n) is 11.4. The first kappa shape index (κ1) is 15.0. The van der Waals surface area contributed by atoms with Crippen molar-refractivity contribution in [2.45, 2.75) is 39.5 Å². The molecule has 5 nitrogen and oxygen atoms in total. The van der Waals surface area contributed by atoms with Crippen molar-refractivity contribution in [3.63, 3.8) is 0 Å². The maximum atomic E-state index is 12.3. The number of hydrogen-bond acceptors (Lipinski definition) is 3. The highest BCUT2D eigenvalue weighted by Gasteiger charge is 2.43. The lowest BCUT2D eigenvalue weighted by atomic mass is 9.75. The van der Waals surface area contributed by atoms with Gasteiger partial charge in [0.05, 0.1) is 5.41 Å². The van der Waals surface area contributed by atoms with Gasteiger partial charge in [-0.2, -0.15) is 0 Å². The van der Waals surface area contributed by atoms with E-state index in [0.29, 0.717) is 18.9 Å². The highest BCUT2D eigenvalue weighted by molar-refractivity contribution is 5.83. The first-order valence-corrected chi connectivity index (χ1v) is 6.76. The number of nitrogens with one attached hydrogen (secondary N) is 2. The number of hydrogen-bond donors (Lipinski definition) is 3. The zero-order chi connectivity index (χ0) is 13.6. The summed E-state index contributed by atoms with van der Waals surface area (Å²) < 4.78 is 0. The van der Waals surface area contributed by atoms with Crippen molar-refractivity contribution < 1.29 is 9.59 Å². The Labute approximate surface area is 109 Å². The second kappa shape index (κ2) is 6.73. The van der Waals surface area contributed by atoms with E-state index in [4.69, 9.17) is 5.73 Å². The van der Waals surface area contributed by atoms with Gasteiger partial charge in [0, 0.05) is 19.5 Å².